The molecular formula is C31H53LiO3. The van der Waals surface area contributed by atoms with E-state index in [1.54, 1.807) is 0 Å². The van der Waals surface area contributed by atoms with Gasteiger partial charge in [0, 0.05) is 5.41 Å². The van der Waals surface area contributed by atoms with E-state index in [2.05, 4.69) is 55.4 Å². The molecule has 0 amide bonds. The Morgan fingerprint density at radius 2 is 1.40 bits per heavy atom. The predicted molar refractivity (Wildman–Crippen MR) is 144 cm³/mol. The van der Waals surface area contributed by atoms with E-state index in [9.17, 15) is 15.0 Å². The molecule has 0 aromatic rings. The van der Waals surface area contributed by atoms with E-state index in [1.165, 1.54) is 38.5 Å². The van der Waals surface area contributed by atoms with E-state index in [0.717, 1.165) is 42.9 Å². The van der Waals surface area contributed by atoms with Crippen molar-refractivity contribution in [1.29, 1.82) is 0 Å². The first-order chi connectivity index (χ1) is 15.6. The fourth-order valence-electron chi connectivity index (χ4n) is 12.0. The van der Waals surface area contributed by atoms with Crippen molar-refractivity contribution in [3.8, 4) is 0 Å². The first kappa shape index (κ1) is 28.0. The molecule has 5 aliphatic rings. The third-order valence-electron chi connectivity index (χ3n) is 14.5. The zero-order valence-electron chi connectivity index (χ0n) is 23.3. The van der Waals surface area contributed by atoms with E-state index >= 15 is 0 Å². The Kier molecular flexibility index (Phi) is 6.62. The molecule has 0 aromatic carbocycles. The molecule has 5 aliphatic carbocycles. The fourth-order valence-corrected chi connectivity index (χ4v) is 12.0. The molecule has 11 atom stereocenters. The molecule has 0 heterocycles. The first-order valence-corrected chi connectivity index (χ1v) is 14.5. The van der Waals surface area contributed by atoms with Crippen LogP contribution in [0.25, 0.3) is 0 Å². The molecule has 0 bridgehead atoms. The van der Waals surface area contributed by atoms with Crippen LogP contribution in [0.4, 0.5) is 0 Å². The van der Waals surface area contributed by atoms with Crippen molar-refractivity contribution in [2.75, 3.05) is 0 Å². The van der Waals surface area contributed by atoms with Crippen LogP contribution >= 0.6 is 0 Å². The average Bonchev–Trinajstić information content (AvgIpc) is 2.75. The van der Waals surface area contributed by atoms with Crippen LogP contribution < -0.4 is 0 Å². The summed E-state index contributed by atoms with van der Waals surface area (Å²) in [5.41, 5.74) is -1.34. The number of hydrogen-bond acceptors (Lipinski definition) is 2. The van der Waals surface area contributed by atoms with E-state index in [4.69, 9.17) is 0 Å². The first-order valence-electron chi connectivity index (χ1n) is 14.5. The van der Waals surface area contributed by atoms with E-state index in [-0.39, 0.29) is 46.9 Å². The number of carbonyl (C=O) groups is 1. The van der Waals surface area contributed by atoms with Gasteiger partial charge in [-0.25, -0.2) is 4.79 Å². The minimum absolute atomic E-state index is 0. The number of fused-ring (bicyclic) bond motifs is 7. The molecule has 2 N–H and O–H groups in total. The Bertz CT molecular complexity index is 871. The van der Waals surface area contributed by atoms with Crippen molar-refractivity contribution < 1.29 is 15.0 Å². The summed E-state index contributed by atoms with van der Waals surface area (Å²) in [4.78, 5) is 12.7. The summed E-state index contributed by atoms with van der Waals surface area (Å²) < 4.78 is 0. The van der Waals surface area contributed by atoms with Gasteiger partial charge in [-0.15, -0.1) is 0 Å². The predicted octanol–water partition coefficient (Wildman–Crippen LogP) is 6.91. The van der Waals surface area contributed by atoms with E-state index in [1.807, 2.05) is 0 Å². The minimum atomic E-state index is -1.61. The summed E-state index contributed by atoms with van der Waals surface area (Å²) >= 11 is 0. The molecular weight excluding hydrogens is 427 g/mol. The van der Waals surface area contributed by atoms with Crippen molar-refractivity contribution in [2.45, 2.75) is 125 Å². The molecule has 0 radical (unpaired) electrons. The van der Waals surface area contributed by atoms with Crippen molar-refractivity contribution in [1.82, 2.24) is 0 Å². The number of hydrogen-bond donors (Lipinski definition) is 2. The second-order valence-electron chi connectivity index (χ2n) is 15.7. The van der Waals surface area contributed by atoms with Gasteiger partial charge in [0.2, 0.25) is 0 Å². The normalized spacial score (nSPS) is 56.9. The third kappa shape index (κ3) is 3.29. The average molecular weight is 481 g/mol. The van der Waals surface area contributed by atoms with Gasteiger partial charge in [-0.3, -0.25) is 0 Å². The fraction of sp³-hybridized carbons (Fsp3) is 0.968. The molecule has 1 unspecified atom stereocenters. The van der Waals surface area contributed by atoms with Crippen molar-refractivity contribution in [2.24, 2.45) is 62.6 Å². The summed E-state index contributed by atoms with van der Waals surface area (Å²) in [6.45, 7) is 19.6. The molecule has 0 aromatic heterocycles. The molecule has 0 saturated heterocycles. The van der Waals surface area contributed by atoms with Crippen molar-refractivity contribution >= 4 is 24.8 Å². The van der Waals surface area contributed by atoms with Crippen LogP contribution in [0.15, 0.2) is 0 Å². The number of aliphatic hydroxyl groups is 1. The molecule has 5 fully saturated rings. The van der Waals surface area contributed by atoms with Crippen LogP contribution in [-0.2, 0) is 4.79 Å². The summed E-state index contributed by atoms with van der Waals surface area (Å²) in [5.74, 6) is 2.62. The van der Waals surface area contributed by atoms with Gasteiger partial charge in [0.05, 0.1) is 0 Å². The quantitative estimate of drug-likeness (QED) is 0.401. The molecule has 4 heteroatoms. The molecule has 0 aliphatic heterocycles. The van der Waals surface area contributed by atoms with Gasteiger partial charge in [0.25, 0.3) is 0 Å². The Morgan fingerprint density at radius 3 is 2.03 bits per heavy atom. The second-order valence-corrected chi connectivity index (χ2v) is 15.7. The van der Waals surface area contributed by atoms with E-state index < -0.39 is 17.0 Å². The Balaban J connectivity index is 0.00000289. The second kappa shape index (κ2) is 8.26. The van der Waals surface area contributed by atoms with Crippen LogP contribution in [0.1, 0.15) is 120 Å². The number of carboxylic acid groups (broad SMARTS) is 1. The van der Waals surface area contributed by atoms with Crippen LogP contribution in [0.5, 0.6) is 0 Å². The van der Waals surface area contributed by atoms with Gasteiger partial charge < -0.3 is 10.2 Å². The monoisotopic (exact) mass is 480 g/mol. The Labute approximate surface area is 227 Å². The van der Waals surface area contributed by atoms with Crippen molar-refractivity contribution in [3.05, 3.63) is 0 Å². The van der Waals surface area contributed by atoms with Gasteiger partial charge in [-0.1, -0.05) is 55.4 Å². The summed E-state index contributed by atoms with van der Waals surface area (Å²) in [7, 11) is 0. The van der Waals surface area contributed by atoms with Gasteiger partial charge in [-0.05, 0) is 121 Å². The van der Waals surface area contributed by atoms with Gasteiger partial charge in [-0.2, -0.15) is 0 Å². The Morgan fingerprint density at radius 1 is 0.743 bits per heavy atom. The Hall–Kier alpha value is 0.0274. The molecule has 0 spiro atoms. The van der Waals surface area contributed by atoms with Crippen LogP contribution in [0, 0.1) is 62.6 Å². The summed E-state index contributed by atoms with van der Waals surface area (Å²) in [6, 6.07) is 0. The number of rotatable bonds is 1. The van der Waals surface area contributed by atoms with Gasteiger partial charge in [0.15, 0.2) is 5.60 Å². The third-order valence-corrected chi connectivity index (χ3v) is 14.5. The van der Waals surface area contributed by atoms with Crippen LogP contribution in [0.2, 0.25) is 0 Å². The van der Waals surface area contributed by atoms with Crippen LogP contribution in [-0.4, -0.2) is 40.6 Å². The molecule has 35 heavy (non-hydrogen) atoms. The number of aliphatic carboxylic acids is 1. The SMILES string of the molecule is C[C@@H]1[C@H]2[C@H]3CC[C@@H]4[C@]5(C)[C@@H](CC[C@@]4(C)[C@]3(C)CC[C@@]2(C)CC[C@H]1C)C(C)(C)CCC5(O)C(=O)O.[LiH]. The van der Waals surface area contributed by atoms with Gasteiger partial charge >= 0.3 is 24.8 Å². The van der Waals surface area contributed by atoms with Gasteiger partial charge in [0.1, 0.15) is 0 Å². The molecule has 5 rings (SSSR count). The maximum absolute atomic E-state index is 12.7. The zero-order chi connectivity index (χ0) is 25.1. The summed E-state index contributed by atoms with van der Waals surface area (Å²) in [6.07, 6.45) is 11.1. The van der Waals surface area contributed by atoms with Crippen molar-refractivity contribution in [3.63, 3.8) is 0 Å². The summed E-state index contributed by atoms with van der Waals surface area (Å²) in [5, 5.41) is 22.4. The standard InChI is InChI=1S/C31H52O3.Li.H/c1-19-11-13-27(5)16-17-28(6)21(24(27)20(19)2)9-10-23-29(28,7)14-12-22-26(3,4)15-18-31(34,25(32)33)30(22,23)8;;/h19-24,34H,9-18H2,1-8H3,(H,32,33);;/t19-,20+,21-,22+,23+,24+,27-,28-,29-,30+,31?;;/m1../s1. The molecule has 5 saturated carbocycles. The zero-order valence-corrected chi connectivity index (χ0v) is 23.3. The number of carboxylic acids is 1. The van der Waals surface area contributed by atoms with Crippen LogP contribution in [0.3, 0.4) is 0 Å². The van der Waals surface area contributed by atoms with E-state index in [0.29, 0.717) is 11.8 Å². The molecule has 196 valence electrons. The molecule has 3 nitrogen and oxygen atoms in total. The topological polar surface area (TPSA) is 57.5 Å². The maximum atomic E-state index is 12.7.